The Labute approximate surface area is 126 Å². The molecule has 0 spiro atoms. The SMILES string of the molecule is COc1ccc(C(N[C@H](C)c2ccccn2)C2CC2)cc1. The van der Waals surface area contributed by atoms with E-state index < -0.39 is 0 Å². The Morgan fingerprint density at radius 2 is 1.90 bits per heavy atom. The molecule has 1 unspecified atom stereocenters. The third-order valence-corrected chi connectivity index (χ3v) is 4.13. The summed E-state index contributed by atoms with van der Waals surface area (Å²) >= 11 is 0. The summed E-state index contributed by atoms with van der Waals surface area (Å²) in [5.41, 5.74) is 2.43. The maximum atomic E-state index is 5.25. The van der Waals surface area contributed by atoms with E-state index in [2.05, 4.69) is 35.4 Å². The van der Waals surface area contributed by atoms with Crippen LogP contribution < -0.4 is 10.1 Å². The Balaban J connectivity index is 1.75. The highest BCUT2D eigenvalue weighted by Crippen LogP contribution is 2.42. The first-order valence-electron chi connectivity index (χ1n) is 7.59. The largest absolute Gasteiger partial charge is 0.497 e. The number of rotatable bonds is 6. The topological polar surface area (TPSA) is 34.1 Å². The summed E-state index contributed by atoms with van der Waals surface area (Å²) in [6.45, 7) is 2.18. The fourth-order valence-electron chi connectivity index (χ4n) is 2.73. The lowest BCUT2D eigenvalue weighted by Crippen LogP contribution is -2.26. The molecule has 1 aromatic carbocycles. The van der Waals surface area contributed by atoms with Gasteiger partial charge in [0.15, 0.2) is 0 Å². The molecule has 0 radical (unpaired) electrons. The van der Waals surface area contributed by atoms with Crippen molar-refractivity contribution in [1.82, 2.24) is 10.3 Å². The second-order valence-corrected chi connectivity index (χ2v) is 5.73. The fourth-order valence-corrected chi connectivity index (χ4v) is 2.73. The van der Waals surface area contributed by atoms with Crippen molar-refractivity contribution in [2.75, 3.05) is 7.11 Å². The Kier molecular flexibility index (Phi) is 4.20. The van der Waals surface area contributed by atoms with Gasteiger partial charge in [0, 0.05) is 18.3 Å². The van der Waals surface area contributed by atoms with Crippen LogP contribution in [0.5, 0.6) is 5.75 Å². The molecular weight excluding hydrogens is 260 g/mol. The lowest BCUT2D eigenvalue weighted by Gasteiger charge is -2.23. The van der Waals surface area contributed by atoms with Gasteiger partial charge in [0.05, 0.1) is 12.8 Å². The van der Waals surface area contributed by atoms with E-state index >= 15 is 0 Å². The average Bonchev–Trinajstić information content (AvgIpc) is 3.38. The van der Waals surface area contributed by atoms with Gasteiger partial charge in [-0.1, -0.05) is 18.2 Å². The van der Waals surface area contributed by atoms with E-state index in [9.17, 15) is 0 Å². The number of aromatic nitrogens is 1. The maximum Gasteiger partial charge on any atom is 0.118 e. The minimum absolute atomic E-state index is 0.249. The molecule has 1 fully saturated rings. The molecule has 2 aromatic rings. The smallest absolute Gasteiger partial charge is 0.118 e. The maximum absolute atomic E-state index is 5.25. The molecule has 1 N–H and O–H groups in total. The molecular formula is C18H22N2O. The van der Waals surface area contributed by atoms with Crippen LogP contribution in [0.15, 0.2) is 48.7 Å². The summed E-state index contributed by atoms with van der Waals surface area (Å²) in [5.74, 6) is 1.65. The Morgan fingerprint density at radius 1 is 1.14 bits per heavy atom. The summed E-state index contributed by atoms with van der Waals surface area (Å²) in [7, 11) is 1.70. The van der Waals surface area contributed by atoms with Crippen LogP contribution in [0.2, 0.25) is 0 Å². The van der Waals surface area contributed by atoms with Crippen molar-refractivity contribution in [1.29, 1.82) is 0 Å². The normalized spacial score (nSPS) is 17.2. The summed E-state index contributed by atoms with van der Waals surface area (Å²) in [6.07, 6.45) is 4.46. The molecule has 1 heterocycles. The number of hydrogen-bond donors (Lipinski definition) is 1. The van der Waals surface area contributed by atoms with E-state index in [1.165, 1.54) is 18.4 Å². The van der Waals surface area contributed by atoms with Crippen molar-refractivity contribution in [3.05, 3.63) is 59.9 Å². The van der Waals surface area contributed by atoms with Gasteiger partial charge in [-0.2, -0.15) is 0 Å². The van der Waals surface area contributed by atoms with Gasteiger partial charge in [-0.3, -0.25) is 4.98 Å². The molecule has 0 aliphatic heterocycles. The first kappa shape index (κ1) is 14.1. The second-order valence-electron chi connectivity index (χ2n) is 5.73. The molecule has 21 heavy (non-hydrogen) atoms. The van der Waals surface area contributed by atoms with Crippen molar-refractivity contribution >= 4 is 0 Å². The summed E-state index contributed by atoms with van der Waals surface area (Å²) in [5, 5.41) is 3.75. The van der Waals surface area contributed by atoms with Gasteiger partial charge in [-0.25, -0.2) is 0 Å². The Bertz CT molecular complexity index is 564. The molecule has 2 atom stereocenters. The molecule has 1 saturated carbocycles. The molecule has 0 saturated heterocycles. The standard InChI is InChI=1S/C18H22N2O/c1-13(17-5-3-4-12-19-17)20-18(14-6-7-14)15-8-10-16(21-2)11-9-15/h3-5,8-14,18,20H,6-7H2,1-2H3/t13-,18?/m1/s1. The van der Waals surface area contributed by atoms with Gasteiger partial charge >= 0.3 is 0 Å². The first-order valence-corrected chi connectivity index (χ1v) is 7.59. The second kappa shape index (κ2) is 6.27. The van der Waals surface area contributed by atoms with Gasteiger partial charge in [-0.15, -0.1) is 0 Å². The number of nitrogens with zero attached hydrogens (tertiary/aromatic N) is 1. The molecule has 1 aliphatic carbocycles. The lowest BCUT2D eigenvalue weighted by molar-refractivity contribution is 0.410. The zero-order valence-electron chi connectivity index (χ0n) is 12.6. The molecule has 110 valence electrons. The van der Waals surface area contributed by atoms with Crippen molar-refractivity contribution in [3.63, 3.8) is 0 Å². The third-order valence-electron chi connectivity index (χ3n) is 4.13. The van der Waals surface area contributed by atoms with Gasteiger partial charge in [-0.05, 0) is 55.5 Å². The van der Waals surface area contributed by atoms with Crippen LogP contribution in [0.1, 0.15) is 43.1 Å². The fraction of sp³-hybridized carbons (Fsp3) is 0.389. The molecule has 0 bridgehead atoms. The van der Waals surface area contributed by atoms with Gasteiger partial charge in [0.2, 0.25) is 0 Å². The first-order chi connectivity index (χ1) is 10.3. The predicted octanol–water partition coefficient (Wildman–Crippen LogP) is 3.89. The van der Waals surface area contributed by atoms with E-state index in [1.807, 2.05) is 30.5 Å². The lowest BCUT2D eigenvalue weighted by atomic mass is 10.0. The zero-order chi connectivity index (χ0) is 14.7. The summed E-state index contributed by atoms with van der Waals surface area (Å²) < 4.78 is 5.25. The number of benzene rings is 1. The highest BCUT2D eigenvalue weighted by Gasteiger charge is 2.33. The van der Waals surface area contributed by atoms with Crippen molar-refractivity contribution < 1.29 is 4.74 Å². The van der Waals surface area contributed by atoms with Gasteiger partial charge in [0.25, 0.3) is 0 Å². The predicted molar refractivity (Wildman–Crippen MR) is 84.2 cm³/mol. The highest BCUT2D eigenvalue weighted by molar-refractivity contribution is 5.30. The van der Waals surface area contributed by atoms with Crippen LogP contribution in [0, 0.1) is 5.92 Å². The molecule has 1 aliphatic rings. The number of methoxy groups -OCH3 is 1. The van der Waals surface area contributed by atoms with Crippen LogP contribution in [0.4, 0.5) is 0 Å². The molecule has 3 nitrogen and oxygen atoms in total. The van der Waals surface area contributed by atoms with Crippen LogP contribution in [0.25, 0.3) is 0 Å². The number of pyridine rings is 1. The zero-order valence-corrected chi connectivity index (χ0v) is 12.6. The van der Waals surface area contributed by atoms with Crippen LogP contribution in [-0.2, 0) is 0 Å². The van der Waals surface area contributed by atoms with Crippen molar-refractivity contribution in [2.24, 2.45) is 5.92 Å². The van der Waals surface area contributed by atoms with E-state index in [0.717, 1.165) is 17.4 Å². The van der Waals surface area contributed by atoms with E-state index in [1.54, 1.807) is 7.11 Å². The number of hydrogen-bond acceptors (Lipinski definition) is 3. The van der Waals surface area contributed by atoms with E-state index in [-0.39, 0.29) is 6.04 Å². The van der Waals surface area contributed by atoms with Gasteiger partial charge in [0.1, 0.15) is 5.75 Å². The Morgan fingerprint density at radius 3 is 2.48 bits per heavy atom. The van der Waals surface area contributed by atoms with Crippen molar-refractivity contribution in [3.8, 4) is 5.75 Å². The Hall–Kier alpha value is -1.87. The average molecular weight is 282 g/mol. The van der Waals surface area contributed by atoms with E-state index in [4.69, 9.17) is 4.74 Å². The van der Waals surface area contributed by atoms with Crippen LogP contribution >= 0.6 is 0 Å². The van der Waals surface area contributed by atoms with Crippen LogP contribution in [-0.4, -0.2) is 12.1 Å². The minimum atomic E-state index is 0.249. The molecule has 0 amide bonds. The quantitative estimate of drug-likeness (QED) is 0.872. The molecule has 3 rings (SSSR count). The number of ether oxygens (including phenoxy) is 1. The number of nitrogens with one attached hydrogen (secondary N) is 1. The third kappa shape index (κ3) is 3.42. The van der Waals surface area contributed by atoms with Crippen molar-refractivity contribution in [2.45, 2.75) is 31.8 Å². The highest BCUT2D eigenvalue weighted by atomic mass is 16.5. The monoisotopic (exact) mass is 282 g/mol. The van der Waals surface area contributed by atoms with E-state index in [0.29, 0.717) is 6.04 Å². The summed E-state index contributed by atoms with van der Waals surface area (Å²) in [4.78, 5) is 4.45. The van der Waals surface area contributed by atoms with Gasteiger partial charge < -0.3 is 10.1 Å². The molecule has 1 aromatic heterocycles. The summed E-state index contributed by atoms with van der Waals surface area (Å²) in [6, 6.07) is 15.1. The van der Waals surface area contributed by atoms with Crippen LogP contribution in [0.3, 0.4) is 0 Å². The molecule has 3 heteroatoms. The minimum Gasteiger partial charge on any atom is -0.497 e.